The summed E-state index contributed by atoms with van der Waals surface area (Å²) < 4.78 is 27.0. The van der Waals surface area contributed by atoms with Crippen LogP contribution in [0.4, 0.5) is 14.5 Å². The van der Waals surface area contributed by atoms with Crippen LogP contribution in [0.25, 0.3) is 17.2 Å². The molecule has 1 aliphatic rings. The number of aliphatic carboxylic acids is 1. The summed E-state index contributed by atoms with van der Waals surface area (Å²) in [5.74, 6) is -4.09. The number of thioether (sulfide) groups is 1. The number of carbonyl (C=O) groups excluding carboxylic acids is 2. The largest absolute Gasteiger partial charge is 0.480 e. The van der Waals surface area contributed by atoms with Gasteiger partial charge in [-0.1, -0.05) is 48.2 Å². The Morgan fingerprint density at radius 1 is 1.08 bits per heavy atom. The second-order valence-electron chi connectivity index (χ2n) is 7.43. The molecule has 7 nitrogen and oxygen atoms in total. The minimum absolute atomic E-state index is 0.181. The van der Waals surface area contributed by atoms with Crippen molar-refractivity contribution in [1.82, 2.24) is 10.4 Å². The highest BCUT2D eigenvalue weighted by atomic mass is 32.2. The second-order valence-corrected chi connectivity index (χ2v) is 10.0. The number of amides is 2. The number of carboxylic acid groups (broad SMARTS) is 1. The summed E-state index contributed by atoms with van der Waals surface area (Å²) in [6.45, 7) is -0.900. The van der Waals surface area contributed by atoms with Crippen LogP contribution in [0.1, 0.15) is 4.88 Å². The number of halogens is 2. The quantitative estimate of drug-likeness (QED) is 0.318. The van der Waals surface area contributed by atoms with Crippen LogP contribution in [0.3, 0.4) is 0 Å². The Morgan fingerprint density at radius 2 is 1.83 bits per heavy atom. The fourth-order valence-corrected chi connectivity index (χ4v) is 5.43. The average molecular weight is 546 g/mol. The van der Waals surface area contributed by atoms with Crippen LogP contribution in [0, 0.1) is 11.6 Å². The van der Waals surface area contributed by atoms with Gasteiger partial charge in [0.15, 0.2) is 16.0 Å². The van der Waals surface area contributed by atoms with Crippen molar-refractivity contribution in [3.8, 4) is 11.1 Å². The molecule has 1 aromatic heterocycles. The monoisotopic (exact) mass is 545 g/mol. The Morgan fingerprint density at radius 3 is 2.53 bits per heavy atom. The molecule has 36 heavy (non-hydrogen) atoms. The smallest absolute Gasteiger partial charge is 0.323 e. The van der Waals surface area contributed by atoms with Gasteiger partial charge in [-0.05, 0) is 52.9 Å². The minimum atomic E-state index is -1.18. The van der Waals surface area contributed by atoms with Gasteiger partial charge in [0, 0.05) is 10.6 Å². The molecular weight excluding hydrogens is 528 g/mol. The number of nitrogens with one attached hydrogen (secondary N) is 1. The van der Waals surface area contributed by atoms with Crippen molar-refractivity contribution in [3.05, 3.63) is 81.4 Å². The Balaban J connectivity index is 1.44. The molecule has 2 amide bonds. The van der Waals surface area contributed by atoms with E-state index in [9.17, 15) is 28.3 Å². The van der Waals surface area contributed by atoms with Crippen molar-refractivity contribution in [3.63, 3.8) is 0 Å². The van der Waals surface area contributed by atoms with E-state index in [0.717, 1.165) is 33.8 Å². The summed E-state index contributed by atoms with van der Waals surface area (Å²) >= 11 is 7.62. The highest BCUT2D eigenvalue weighted by molar-refractivity contribution is 8.26. The van der Waals surface area contributed by atoms with E-state index in [0.29, 0.717) is 26.6 Å². The first-order valence-electron chi connectivity index (χ1n) is 10.4. The van der Waals surface area contributed by atoms with E-state index < -0.39 is 36.0 Å². The first-order chi connectivity index (χ1) is 17.2. The molecule has 0 atom stereocenters. The molecular formula is C24H17F2N3O4S3. The van der Waals surface area contributed by atoms with Gasteiger partial charge in [0.25, 0.3) is 5.91 Å². The molecule has 0 aliphatic carbocycles. The van der Waals surface area contributed by atoms with E-state index in [1.54, 1.807) is 47.9 Å². The van der Waals surface area contributed by atoms with Crippen LogP contribution in [0.15, 0.2) is 64.9 Å². The van der Waals surface area contributed by atoms with Gasteiger partial charge in [-0.15, -0.1) is 11.3 Å². The maximum Gasteiger partial charge on any atom is 0.323 e. The lowest BCUT2D eigenvalue weighted by molar-refractivity contribution is -0.136. The van der Waals surface area contributed by atoms with Crippen molar-refractivity contribution in [1.29, 1.82) is 0 Å². The molecule has 2 N–H and O–H groups in total. The van der Waals surface area contributed by atoms with Gasteiger partial charge in [0.2, 0.25) is 5.91 Å². The summed E-state index contributed by atoms with van der Waals surface area (Å²) in [4.78, 5) is 39.0. The van der Waals surface area contributed by atoms with Gasteiger partial charge in [-0.3, -0.25) is 14.4 Å². The van der Waals surface area contributed by atoms with Gasteiger partial charge in [-0.25, -0.2) is 19.2 Å². The number of carbonyl (C=O) groups is 3. The number of hydrogen-bond donors (Lipinski definition) is 2. The third-order valence-corrected chi connectivity index (χ3v) is 7.17. The lowest BCUT2D eigenvalue weighted by Crippen LogP contribution is -2.48. The minimum Gasteiger partial charge on any atom is -0.480 e. The fraction of sp³-hybridized carbons (Fsp3) is 0.0833. The first-order valence-corrected chi connectivity index (χ1v) is 12.5. The number of para-hydroxylation sites is 1. The molecule has 3 aromatic rings. The number of carboxylic acids is 1. The maximum atomic E-state index is 13.6. The molecule has 1 saturated heterocycles. The van der Waals surface area contributed by atoms with Gasteiger partial charge < -0.3 is 10.0 Å². The summed E-state index contributed by atoms with van der Waals surface area (Å²) in [5.41, 5.74) is 4.27. The molecule has 4 rings (SSSR count). The molecule has 0 radical (unpaired) electrons. The number of benzene rings is 2. The lowest BCUT2D eigenvalue weighted by Gasteiger charge is -2.23. The predicted octanol–water partition coefficient (Wildman–Crippen LogP) is 4.52. The zero-order chi connectivity index (χ0) is 25.8. The zero-order valence-corrected chi connectivity index (χ0v) is 20.8. The molecule has 0 unspecified atom stereocenters. The van der Waals surface area contributed by atoms with E-state index in [-0.39, 0.29) is 10.9 Å². The lowest BCUT2D eigenvalue weighted by atomic mass is 10.1. The number of rotatable bonds is 8. The molecule has 1 fully saturated rings. The number of thiophene rings is 1. The summed E-state index contributed by atoms with van der Waals surface area (Å²) in [6.07, 6.45) is 1.62. The normalized spacial score (nSPS) is 14.5. The van der Waals surface area contributed by atoms with Crippen LogP contribution in [0.5, 0.6) is 0 Å². The summed E-state index contributed by atoms with van der Waals surface area (Å²) in [7, 11) is 0. The first kappa shape index (κ1) is 25.6. The van der Waals surface area contributed by atoms with Crippen molar-refractivity contribution < 1.29 is 28.3 Å². The zero-order valence-electron chi connectivity index (χ0n) is 18.3. The van der Waals surface area contributed by atoms with Gasteiger partial charge in [0.05, 0.1) is 11.4 Å². The van der Waals surface area contributed by atoms with E-state index in [1.807, 2.05) is 0 Å². The predicted molar refractivity (Wildman–Crippen MR) is 139 cm³/mol. The number of nitrogens with zero attached hydrogens (tertiary/aromatic N) is 2. The molecule has 12 heteroatoms. The van der Waals surface area contributed by atoms with Crippen LogP contribution >= 0.6 is 35.3 Å². The maximum absolute atomic E-state index is 13.6. The highest BCUT2D eigenvalue weighted by Gasteiger charge is 2.33. The molecule has 2 aromatic carbocycles. The van der Waals surface area contributed by atoms with E-state index in [2.05, 4.69) is 5.43 Å². The molecule has 184 valence electrons. The molecule has 0 spiro atoms. The van der Waals surface area contributed by atoms with Gasteiger partial charge in [-0.2, -0.15) is 0 Å². The molecule has 0 saturated carbocycles. The SMILES string of the molecule is O=C(O)CN(C(=O)CNN1C(=O)/C(=C/c2cc(-c3ccc(F)c(F)c3)cs2)SC1=S)c1ccccc1. The fourth-order valence-electron chi connectivity index (χ4n) is 3.30. The van der Waals surface area contributed by atoms with Crippen LogP contribution in [-0.4, -0.2) is 45.3 Å². The molecule has 0 bridgehead atoms. The summed E-state index contributed by atoms with van der Waals surface area (Å²) in [6, 6.07) is 13.7. The average Bonchev–Trinajstić information content (AvgIpc) is 3.42. The van der Waals surface area contributed by atoms with Crippen LogP contribution in [-0.2, 0) is 14.4 Å². The Kier molecular flexibility index (Phi) is 7.89. The van der Waals surface area contributed by atoms with Gasteiger partial charge in [0.1, 0.15) is 6.54 Å². The third-order valence-electron chi connectivity index (χ3n) is 4.99. The molecule has 1 aliphatic heterocycles. The molecule has 2 heterocycles. The second kappa shape index (κ2) is 11.1. The van der Waals surface area contributed by atoms with E-state index >= 15 is 0 Å². The van der Waals surface area contributed by atoms with E-state index in [1.165, 1.54) is 17.4 Å². The van der Waals surface area contributed by atoms with Crippen molar-refractivity contribution in [2.24, 2.45) is 0 Å². The standard InChI is InChI=1S/C24H17F2N3O4S3/c25-18-7-6-14(9-19(18)26)15-8-17(35-13-15)10-20-23(33)29(24(34)36-20)27-11-21(30)28(12-22(31)32)16-4-2-1-3-5-16/h1-10,13,27H,11-12H2,(H,31,32)/b20-10-. The van der Waals surface area contributed by atoms with Crippen molar-refractivity contribution in [2.75, 3.05) is 18.0 Å². The van der Waals surface area contributed by atoms with Crippen LogP contribution < -0.4 is 10.3 Å². The topological polar surface area (TPSA) is 89.9 Å². The number of thiocarbonyl (C=S) groups is 1. The van der Waals surface area contributed by atoms with E-state index in [4.69, 9.17) is 12.2 Å². The third kappa shape index (κ3) is 5.85. The van der Waals surface area contributed by atoms with Crippen molar-refractivity contribution in [2.45, 2.75) is 0 Å². The number of anilines is 1. The van der Waals surface area contributed by atoms with Crippen molar-refractivity contribution >= 4 is 69.2 Å². The van der Waals surface area contributed by atoms with Crippen LogP contribution in [0.2, 0.25) is 0 Å². The Hall–Kier alpha value is -3.45. The van der Waals surface area contributed by atoms with Gasteiger partial charge >= 0.3 is 5.97 Å². The Labute approximate surface area is 218 Å². The Bertz CT molecular complexity index is 1380. The number of hydrogen-bond acceptors (Lipinski definition) is 7. The number of hydrazine groups is 1. The highest BCUT2D eigenvalue weighted by Crippen LogP contribution is 2.34. The summed E-state index contributed by atoms with van der Waals surface area (Å²) in [5, 5.41) is 12.0.